The number of nitrogens with one attached hydrogen (secondary N) is 3. The molecule has 4 rings (SSSR count). The zero-order valence-corrected chi connectivity index (χ0v) is 22.5. The summed E-state index contributed by atoms with van der Waals surface area (Å²) in [5.41, 5.74) is 4.94. The van der Waals surface area contributed by atoms with Crippen molar-refractivity contribution in [1.29, 1.82) is 0 Å². The lowest BCUT2D eigenvalue weighted by molar-refractivity contribution is -0.118. The standard InChI is InChI=1S/C31H32FN3O3/c1-8-9-20(29(36)35-31(4,5)6)14-17(2)22-15-23-25(30(37)33-7)27(19-10-12-21(32)13-11-19)38-28(23)24-18(3)16-34-26(22)24/h8-16,34H,1H2,2-7H3,(H,33,37)(H,35,36)/b17-14+,20-9+. The molecule has 0 spiro atoms. The number of carbonyl (C=O) groups excluding carboxylic acids is 2. The van der Waals surface area contributed by atoms with E-state index >= 15 is 0 Å². The topological polar surface area (TPSA) is 87.1 Å². The van der Waals surface area contributed by atoms with Gasteiger partial charge in [0.1, 0.15) is 17.2 Å². The Morgan fingerprint density at radius 2 is 1.84 bits per heavy atom. The van der Waals surface area contributed by atoms with Crippen molar-refractivity contribution in [2.24, 2.45) is 0 Å². The molecule has 6 nitrogen and oxygen atoms in total. The molecule has 2 amide bonds. The van der Waals surface area contributed by atoms with Crippen molar-refractivity contribution in [2.45, 2.75) is 40.2 Å². The van der Waals surface area contributed by atoms with Crippen molar-refractivity contribution in [1.82, 2.24) is 15.6 Å². The van der Waals surface area contributed by atoms with Gasteiger partial charge in [0.25, 0.3) is 11.8 Å². The Balaban J connectivity index is 2.00. The number of rotatable bonds is 6. The summed E-state index contributed by atoms with van der Waals surface area (Å²) < 4.78 is 20.0. The third kappa shape index (κ3) is 5.05. The Hall–Kier alpha value is -4.39. The first-order chi connectivity index (χ1) is 17.9. The highest BCUT2D eigenvalue weighted by Crippen LogP contribution is 2.41. The normalized spacial score (nSPS) is 12.7. The van der Waals surface area contributed by atoms with E-state index in [1.807, 2.05) is 46.9 Å². The van der Waals surface area contributed by atoms with Crippen LogP contribution in [0.3, 0.4) is 0 Å². The molecule has 0 saturated carbocycles. The van der Waals surface area contributed by atoms with Gasteiger partial charge in [0.05, 0.1) is 11.1 Å². The quantitative estimate of drug-likeness (QED) is 0.195. The van der Waals surface area contributed by atoms with E-state index in [-0.39, 0.29) is 17.6 Å². The van der Waals surface area contributed by atoms with Gasteiger partial charge in [-0.1, -0.05) is 18.7 Å². The number of halogens is 1. The number of aryl methyl sites for hydroxylation is 1. The highest BCUT2D eigenvalue weighted by Gasteiger charge is 2.26. The van der Waals surface area contributed by atoms with Gasteiger partial charge in [0.15, 0.2) is 0 Å². The molecule has 0 aliphatic rings. The lowest BCUT2D eigenvalue weighted by Gasteiger charge is -2.21. The number of aromatic nitrogens is 1. The van der Waals surface area contributed by atoms with Crippen molar-refractivity contribution >= 4 is 39.3 Å². The number of hydrogen-bond acceptors (Lipinski definition) is 3. The van der Waals surface area contributed by atoms with Gasteiger partial charge < -0.3 is 20.0 Å². The van der Waals surface area contributed by atoms with Crippen LogP contribution in [0.4, 0.5) is 4.39 Å². The van der Waals surface area contributed by atoms with Crippen molar-refractivity contribution in [3.63, 3.8) is 0 Å². The molecule has 0 unspecified atom stereocenters. The van der Waals surface area contributed by atoms with Crippen molar-refractivity contribution in [3.05, 3.63) is 89.4 Å². The maximum Gasteiger partial charge on any atom is 0.255 e. The van der Waals surface area contributed by atoms with Crippen LogP contribution in [-0.4, -0.2) is 29.4 Å². The lowest BCUT2D eigenvalue weighted by Crippen LogP contribution is -2.41. The molecule has 0 aliphatic carbocycles. The van der Waals surface area contributed by atoms with Crippen LogP contribution < -0.4 is 10.6 Å². The smallest absolute Gasteiger partial charge is 0.255 e. The van der Waals surface area contributed by atoms with Crippen molar-refractivity contribution < 1.29 is 18.4 Å². The molecular weight excluding hydrogens is 481 g/mol. The van der Waals surface area contributed by atoms with Gasteiger partial charge in [0, 0.05) is 46.3 Å². The minimum atomic E-state index is -0.405. The van der Waals surface area contributed by atoms with Gasteiger partial charge in [0.2, 0.25) is 0 Å². The number of fused-ring (bicyclic) bond motifs is 3. The van der Waals surface area contributed by atoms with Gasteiger partial charge >= 0.3 is 0 Å². The van der Waals surface area contributed by atoms with Gasteiger partial charge in [-0.2, -0.15) is 0 Å². The summed E-state index contributed by atoms with van der Waals surface area (Å²) in [4.78, 5) is 29.5. The molecule has 0 saturated heterocycles. The number of H-pyrrole nitrogens is 1. The predicted molar refractivity (Wildman–Crippen MR) is 151 cm³/mol. The largest absolute Gasteiger partial charge is 0.454 e. The first kappa shape index (κ1) is 26.7. The van der Waals surface area contributed by atoms with Crippen molar-refractivity contribution in [2.75, 3.05) is 7.05 Å². The molecule has 196 valence electrons. The first-order valence-electron chi connectivity index (χ1n) is 12.3. The molecule has 0 radical (unpaired) electrons. The average molecular weight is 514 g/mol. The number of allylic oxidation sites excluding steroid dienone is 3. The number of carbonyl (C=O) groups is 2. The monoisotopic (exact) mass is 513 g/mol. The molecule has 2 heterocycles. The van der Waals surface area contributed by atoms with Gasteiger partial charge in [-0.3, -0.25) is 9.59 Å². The number of aromatic amines is 1. The first-order valence-corrected chi connectivity index (χ1v) is 12.3. The molecule has 38 heavy (non-hydrogen) atoms. The van der Waals surface area contributed by atoms with Crippen LogP contribution in [0.5, 0.6) is 0 Å². The molecule has 2 aromatic carbocycles. The van der Waals surface area contributed by atoms with E-state index in [0.717, 1.165) is 27.6 Å². The van der Waals surface area contributed by atoms with Crippen LogP contribution in [0.1, 0.15) is 49.2 Å². The molecular formula is C31H32FN3O3. The molecule has 0 aliphatic heterocycles. The Bertz CT molecular complexity index is 1630. The van der Waals surface area contributed by atoms with Crippen LogP contribution in [-0.2, 0) is 4.79 Å². The van der Waals surface area contributed by atoms with Crippen LogP contribution in [0, 0.1) is 12.7 Å². The van der Waals surface area contributed by atoms with E-state index in [1.54, 1.807) is 37.4 Å². The summed E-state index contributed by atoms with van der Waals surface area (Å²) in [6.07, 6.45) is 6.93. The Labute approximate surface area is 221 Å². The van der Waals surface area contributed by atoms with E-state index in [1.165, 1.54) is 12.1 Å². The highest BCUT2D eigenvalue weighted by atomic mass is 19.1. The second kappa shape index (κ2) is 10.2. The molecule has 4 aromatic rings. The maximum absolute atomic E-state index is 13.6. The minimum absolute atomic E-state index is 0.218. The summed E-state index contributed by atoms with van der Waals surface area (Å²) >= 11 is 0. The lowest BCUT2D eigenvalue weighted by atomic mass is 9.96. The third-order valence-electron chi connectivity index (χ3n) is 6.21. The van der Waals surface area contributed by atoms with Crippen LogP contribution in [0.15, 0.2) is 71.3 Å². The summed E-state index contributed by atoms with van der Waals surface area (Å²) in [7, 11) is 1.56. The van der Waals surface area contributed by atoms with Crippen molar-refractivity contribution in [3.8, 4) is 11.3 Å². The molecule has 2 aromatic heterocycles. The summed E-state index contributed by atoms with van der Waals surface area (Å²) in [6.45, 7) is 13.4. The molecule has 0 atom stereocenters. The Kier molecular flexibility index (Phi) is 7.14. The number of hydrogen-bond donors (Lipinski definition) is 3. The highest BCUT2D eigenvalue weighted by molar-refractivity contribution is 6.19. The Morgan fingerprint density at radius 1 is 1.16 bits per heavy atom. The Morgan fingerprint density at radius 3 is 2.45 bits per heavy atom. The zero-order valence-electron chi connectivity index (χ0n) is 22.5. The van der Waals surface area contributed by atoms with Gasteiger partial charge in [-0.05, 0) is 82.2 Å². The summed E-state index contributed by atoms with van der Waals surface area (Å²) in [5, 5.41) is 7.14. The van der Waals surface area contributed by atoms with E-state index < -0.39 is 5.54 Å². The maximum atomic E-state index is 13.6. The minimum Gasteiger partial charge on any atom is -0.454 e. The van der Waals surface area contributed by atoms with E-state index in [4.69, 9.17) is 4.42 Å². The van der Waals surface area contributed by atoms with Crippen LogP contribution in [0.2, 0.25) is 0 Å². The number of benzene rings is 2. The average Bonchev–Trinajstić information content (AvgIpc) is 3.42. The second-order valence-electron chi connectivity index (χ2n) is 10.3. The molecule has 0 bridgehead atoms. The summed E-state index contributed by atoms with van der Waals surface area (Å²) in [6, 6.07) is 7.75. The fourth-order valence-electron chi connectivity index (χ4n) is 4.52. The van der Waals surface area contributed by atoms with Crippen LogP contribution in [0.25, 0.3) is 38.8 Å². The molecule has 3 N–H and O–H groups in total. The van der Waals surface area contributed by atoms with Gasteiger partial charge in [-0.15, -0.1) is 0 Å². The summed E-state index contributed by atoms with van der Waals surface area (Å²) in [5.74, 6) is -0.557. The molecule has 7 heteroatoms. The third-order valence-corrected chi connectivity index (χ3v) is 6.21. The molecule has 0 fully saturated rings. The fraction of sp³-hybridized carbons (Fsp3) is 0.226. The fourth-order valence-corrected chi connectivity index (χ4v) is 4.52. The van der Waals surface area contributed by atoms with Crippen LogP contribution >= 0.6 is 0 Å². The number of furan rings is 1. The SMILES string of the molecule is C=C/C=C(\C=C(/C)c1cc2c(C(=O)NC)c(-c3ccc(F)cc3)oc2c2c(C)c[nH]c12)C(=O)NC(C)(C)C. The van der Waals surface area contributed by atoms with E-state index in [0.29, 0.717) is 33.4 Å². The predicted octanol–water partition coefficient (Wildman–Crippen LogP) is 6.82. The number of amides is 2. The van der Waals surface area contributed by atoms with E-state index in [2.05, 4.69) is 22.2 Å². The zero-order chi connectivity index (χ0) is 27.8. The second-order valence-corrected chi connectivity index (χ2v) is 10.3. The van der Waals surface area contributed by atoms with Gasteiger partial charge in [-0.25, -0.2) is 4.39 Å². The van der Waals surface area contributed by atoms with E-state index in [9.17, 15) is 14.0 Å².